The fourth-order valence-electron chi connectivity index (χ4n) is 3.60. The standard InChI is InChI=1S/C23H27N3O5/c1-2-14-25(23(30)26(24-16-27)21-13-12-20(21)22(28)29)15-17-8-10-19(11-9-17)31-18-6-4-3-5-7-18/h3-11,16,20-21H,2,12-15H2,1H3,(H,24,27)(H,28,29). The van der Waals surface area contributed by atoms with Gasteiger partial charge in [0.05, 0.1) is 12.0 Å². The van der Waals surface area contributed by atoms with E-state index in [4.69, 9.17) is 4.74 Å². The summed E-state index contributed by atoms with van der Waals surface area (Å²) in [5, 5.41) is 10.5. The molecule has 31 heavy (non-hydrogen) atoms. The number of para-hydroxylation sites is 1. The number of hydrazine groups is 1. The lowest BCUT2D eigenvalue weighted by atomic mass is 9.79. The number of hydrogen-bond acceptors (Lipinski definition) is 4. The van der Waals surface area contributed by atoms with Gasteiger partial charge in [-0.15, -0.1) is 0 Å². The van der Waals surface area contributed by atoms with Crippen LogP contribution in [0.5, 0.6) is 11.5 Å². The van der Waals surface area contributed by atoms with E-state index in [0.29, 0.717) is 38.1 Å². The molecule has 1 fully saturated rings. The first-order valence-electron chi connectivity index (χ1n) is 10.4. The van der Waals surface area contributed by atoms with Crippen LogP contribution < -0.4 is 10.2 Å². The van der Waals surface area contributed by atoms with Crippen molar-refractivity contribution in [3.63, 3.8) is 0 Å². The SMILES string of the molecule is CCCN(Cc1ccc(Oc2ccccc2)cc1)C(=O)N(NC=O)C1CCC1C(=O)O. The van der Waals surface area contributed by atoms with E-state index >= 15 is 0 Å². The molecule has 8 nitrogen and oxygen atoms in total. The Morgan fingerprint density at radius 2 is 1.77 bits per heavy atom. The van der Waals surface area contributed by atoms with E-state index in [9.17, 15) is 19.5 Å². The summed E-state index contributed by atoms with van der Waals surface area (Å²) in [5.74, 6) is -0.208. The minimum Gasteiger partial charge on any atom is -0.481 e. The van der Waals surface area contributed by atoms with Crippen LogP contribution in [0.4, 0.5) is 4.79 Å². The molecule has 1 saturated carbocycles. The Labute approximate surface area is 181 Å². The molecule has 0 saturated heterocycles. The molecule has 2 atom stereocenters. The molecule has 3 amide bonds. The molecule has 1 aliphatic rings. The number of carboxylic acid groups (broad SMARTS) is 1. The van der Waals surface area contributed by atoms with Crippen molar-refractivity contribution < 1.29 is 24.2 Å². The lowest BCUT2D eigenvalue weighted by Gasteiger charge is -2.42. The quantitative estimate of drug-likeness (QED) is 0.447. The van der Waals surface area contributed by atoms with Gasteiger partial charge >= 0.3 is 12.0 Å². The third-order valence-corrected chi connectivity index (χ3v) is 5.32. The number of carbonyl (C=O) groups excluding carboxylic acids is 2. The molecule has 1 aliphatic carbocycles. The maximum atomic E-state index is 13.2. The predicted octanol–water partition coefficient (Wildman–Crippen LogP) is 3.64. The van der Waals surface area contributed by atoms with Crippen LogP contribution in [0.25, 0.3) is 0 Å². The Morgan fingerprint density at radius 3 is 2.32 bits per heavy atom. The van der Waals surface area contributed by atoms with Crippen LogP contribution in [0.15, 0.2) is 54.6 Å². The normalized spacial score (nSPS) is 17.2. The third kappa shape index (κ3) is 5.53. The largest absolute Gasteiger partial charge is 0.481 e. The number of benzene rings is 2. The second-order valence-electron chi connectivity index (χ2n) is 7.47. The van der Waals surface area contributed by atoms with Gasteiger partial charge in [-0.25, -0.2) is 9.80 Å². The maximum absolute atomic E-state index is 13.2. The summed E-state index contributed by atoms with van der Waals surface area (Å²) in [7, 11) is 0. The average molecular weight is 425 g/mol. The van der Waals surface area contributed by atoms with Crippen LogP contribution in [-0.4, -0.2) is 46.0 Å². The second-order valence-corrected chi connectivity index (χ2v) is 7.47. The number of ether oxygens (including phenoxy) is 1. The van der Waals surface area contributed by atoms with Gasteiger partial charge in [0, 0.05) is 13.1 Å². The zero-order valence-corrected chi connectivity index (χ0v) is 17.4. The molecule has 2 unspecified atom stereocenters. The van der Waals surface area contributed by atoms with Gasteiger partial charge < -0.3 is 14.7 Å². The van der Waals surface area contributed by atoms with Crippen molar-refractivity contribution in [1.29, 1.82) is 0 Å². The van der Waals surface area contributed by atoms with E-state index in [1.807, 2.05) is 61.5 Å². The van der Waals surface area contributed by atoms with E-state index in [-0.39, 0.29) is 0 Å². The van der Waals surface area contributed by atoms with E-state index in [0.717, 1.165) is 22.7 Å². The highest BCUT2D eigenvalue weighted by molar-refractivity contribution is 5.78. The van der Waals surface area contributed by atoms with Crippen LogP contribution in [0.3, 0.4) is 0 Å². The smallest absolute Gasteiger partial charge is 0.339 e. The van der Waals surface area contributed by atoms with Crippen molar-refractivity contribution in [2.24, 2.45) is 5.92 Å². The Kier molecular flexibility index (Phi) is 7.48. The van der Waals surface area contributed by atoms with Gasteiger partial charge in [-0.3, -0.25) is 15.0 Å². The highest BCUT2D eigenvalue weighted by Gasteiger charge is 2.43. The molecule has 0 heterocycles. The van der Waals surface area contributed by atoms with Gasteiger partial charge in [-0.2, -0.15) is 0 Å². The number of nitrogens with one attached hydrogen (secondary N) is 1. The zero-order chi connectivity index (χ0) is 22.2. The first-order chi connectivity index (χ1) is 15.0. The summed E-state index contributed by atoms with van der Waals surface area (Å²) >= 11 is 0. The summed E-state index contributed by atoms with van der Waals surface area (Å²) in [6, 6.07) is 15.9. The number of carboxylic acids is 1. The topological polar surface area (TPSA) is 99.2 Å². The first-order valence-corrected chi connectivity index (χ1v) is 10.4. The molecule has 3 rings (SSSR count). The number of amides is 3. The van der Waals surface area contributed by atoms with Gasteiger partial charge in [-0.1, -0.05) is 37.3 Å². The minimum absolute atomic E-state index is 0.333. The second kappa shape index (κ2) is 10.5. The lowest BCUT2D eigenvalue weighted by Crippen LogP contribution is -2.60. The number of hydrogen-bond donors (Lipinski definition) is 2. The Morgan fingerprint density at radius 1 is 1.10 bits per heavy atom. The van der Waals surface area contributed by atoms with Crippen LogP contribution in [-0.2, 0) is 16.1 Å². The monoisotopic (exact) mass is 425 g/mol. The number of urea groups is 1. The van der Waals surface area contributed by atoms with Crippen LogP contribution in [0.1, 0.15) is 31.7 Å². The lowest BCUT2D eigenvalue weighted by molar-refractivity contribution is -0.149. The molecular weight excluding hydrogens is 398 g/mol. The molecule has 0 spiro atoms. The fourth-order valence-corrected chi connectivity index (χ4v) is 3.60. The van der Waals surface area contributed by atoms with Gasteiger partial charge in [-0.05, 0) is 49.1 Å². The minimum atomic E-state index is -0.960. The average Bonchev–Trinajstić information content (AvgIpc) is 2.73. The van der Waals surface area contributed by atoms with E-state index < -0.39 is 24.0 Å². The summed E-state index contributed by atoms with van der Waals surface area (Å²) in [5.41, 5.74) is 3.31. The molecule has 164 valence electrons. The van der Waals surface area contributed by atoms with Gasteiger partial charge in [0.25, 0.3) is 0 Å². The predicted molar refractivity (Wildman–Crippen MR) is 114 cm³/mol. The molecule has 0 aliphatic heterocycles. The van der Waals surface area contributed by atoms with E-state index in [1.54, 1.807) is 4.90 Å². The Hall–Kier alpha value is -3.55. The Balaban J connectivity index is 1.69. The molecule has 2 aromatic carbocycles. The summed E-state index contributed by atoms with van der Waals surface area (Å²) in [6.45, 7) is 2.76. The van der Waals surface area contributed by atoms with Gasteiger partial charge in [0.1, 0.15) is 11.5 Å². The van der Waals surface area contributed by atoms with Gasteiger partial charge in [0.2, 0.25) is 6.41 Å². The van der Waals surface area contributed by atoms with Crippen molar-refractivity contribution in [2.75, 3.05) is 6.54 Å². The van der Waals surface area contributed by atoms with Crippen molar-refractivity contribution in [3.8, 4) is 11.5 Å². The number of aliphatic carboxylic acids is 1. The molecule has 0 aromatic heterocycles. The van der Waals surface area contributed by atoms with Crippen molar-refractivity contribution in [3.05, 3.63) is 60.2 Å². The summed E-state index contributed by atoms with van der Waals surface area (Å²) in [4.78, 5) is 37.2. The number of carbonyl (C=O) groups is 3. The van der Waals surface area contributed by atoms with Crippen molar-refractivity contribution >= 4 is 18.4 Å². The molecular formula is C23H27N3O5. The Bertz CT molecular complexity index is 888. The van der Waals surface area contributed by atoms with Crippen LogP contribution in [0, 0.1) is 5.92 Å². The van der Waals surface area contributed by atoms with Crippen molar-refractivity contribution in [1.82, 2.24) is 15.3 Å². The van der Waals surface area contributed by atoms with Crippen LogP contribution in [0.2, 0.25) is 0 Å². The zero-order valence-electron chi connectivity index (χ0n) is 17.4. The molecule has 8 heteroatoms. The fraction of sp³-hybridized carbons (Fsp3) is 0.348. The number of nitrogens with zero attached hydrogens (tertiary/aromatic N) is 2. The molecule has 0 radical (unpaired) electrons. The summed E-state index contributed by atoms with van der Waals surface area (Å²) in [6.07, 6.45) is 2.16. The highest BCUT2D eigenvalue weighted by atomic mass is 16.5. The highest BCUT2D eigenvalue weighted by Crippen LogP contribution is 2.32. The van der Waals surface area contributed by atoms with Crippen LogP contribution >= 0.6 is 0 Å². The van der Waals surface area contributed by atoms with Crippen molar-refractivity contribution in [2.45, 2.75) is 38.8 Å². The number of rotatable bonds is 10. The third-order valence-electron chi connectivity index (χ3n) is 5.32. The first kappa shape index (κ1) is 22.1. The molecule has 2 aromatic rings. The molecule has 2 N–H and O–H groups in total. The maximum Gasteiger partial charge on any atom is 0.339 e. The summed E-state index contributed by atoms with van der Waals surface area (Å²) < 4.78 is 5.80. The molecule has 0 bridgehead atoms. The van der Waals surface area contributed by atoms with Gasteiger partial charge in [0.15, 0.2) is 0 Å². The van der Waals surface area contributed by atoms with E-state index in [1.165, 1.54) is 0 Å². The van der Waals surface area contributed by atoms with E-state index in [2.05, 4.69) is 5.43 Å².